The molecule has 1 atom stereocenters. The molecule has 0 aliphatic carbocycles. The number of imidazole rings is 1. The summed E-state index contributed by atoms with van der Waals surface area (Å²) >= 11 is 0. The SMILES string of the molecule is CCCCCCCCCCCCC[n+]1ccn(C(C)CCCC)c1C(C)C. The minimum Gasteiger partial charge on any atom is -0.234 e. The summed E-state index contributed by atoms with van der Waals surface area (Å²) < 4.78 is 5.07. The lowest BCUT2D eigenvalue weighted by Crippen LogP contribution is -2.38. The summed E-state index contributed by atoms with van der Waals surface area (Å²) in [6.45, 7) is 12.8. The molecule has 0 saturated heterocycles. The Balaban J connectivity index is 2.25. The summed E-state index contributed by atoms with van der Waals surface area (Å²) in [4.78, 5) is 0. The van der Waals surface area contributed by atoms with Crippen LogP contribution in [0.2, 0.25) is 0 Å². The molecule has 2 heteroatoms. The molecule has 0 amide bonds. The van der Waals surface area contributed by atoms with Gasteiger partial charge in [0.2, 0.25) is 0 Å². The van der Waals surface area contributed by atoms with Crippen LogP contribution in [0.3, 0.4) is 0 Å². The number of aryl methyl sites for hydroxylation is 1. The van der Waals surface area contributed by atoms with Crippen LogP contribution in [0.25, 0.3) is 0 Å². The van der Waals surface area contributed by atoms with Gasteiger partial charge >= 0.3 is 0 Å². The van der Waals surface area contributed by atoms with Gasteiger partial charge in [0.25, 0.3) is 5.82 Å². The molecule has 0 aliphatic rings. The Labute approximate surface area is 170 Å². The van der Waals surface area contributed by atoms with Gasteiger partial charge in [-0.25, -0.2) is 9.13 Å². The standard InChI is InChI=1S/C25H49N2/c1-6-8-10-11-12-13-14-15-16-17-18-20-26-21-22-27(25(26)23(3)4)24(5)19-9-7-2/h21-24H,6-20H2,1-5H3/q+1. The summed E-state index contributed by atoms with van der Waals surface area (Å²) in [6, 6.07) is 0.626. The van der Waals surface area contributed by atoms with E-state index in [2.05, 4.69) is 56.1 Å². The summed E-state index contributed by atoms with van der Waals surface area (Å²) in [5.74, 6) is 2.11. The minimum atomic E-state index is 0.594. The number of hydrogen-bond acceptors (Lipinski definition) is 0. The quantitative estimate of drug-likeness (QED) is 0.192. The van der Waals surface area contributed by atoms with Crippen molar-refractivity contribution in [3.63, 3.8) is 0 Å². The maximum absolute atomic E-state index is 2.54. The maximum Gasteiger partial charge on any atom is 0.259 e. The fraction of sp³-hybridized carbons (Fsp3) is 0.880. The van der Waals surface area contributed by atoms with Crippen molar-refractivity contribution in [2.24, 2.45) is 0 Å². The van der Waals surface area contributed by atoms with Crippen molar-refractivity contribution in [2.75, 3.05) is 0 Å². The molecule has 0 bridgehead atoms. The molecule has 0 aromatic carbocycles. The first-order valence-electron chi connectivity index (χ1n) is 12.2. The lowest BCUT2D eigenvalue weighted by Gasteiger charge is -2.13. The Hall–Kier alpha value is -0.790. The second kappa shape index (κ2) is 15.2. The molecule has 0 N–H and O–H groups in total. The molecule has 0 radical (unpaired) electrons. The Morgan fingerprint density at radius 2 is 1.26 bits per heavy atom. The zero-order chi connectivity index (χ0) is 19.9. The van der Waals surface area contributed by atoms with Gasteiger partial charge in [0, 0.05) is 0 Å². The third-order valence-electron chi connectivity index (χ3n) is 5.94. The van der Waals surface area contributed by atoms with Crippen molar-refractivity contribution in [2.45, 2.75) is 143 Å². The smallest absolute Gasteiger partial charge is 0.234 e. The van der Waals surface area contributed by atoms with E-state index in [1.807, 2.05) is 0 Å². The van der Waals surface area contributed by atoms with Crippen LogP contribution in [0, 0.1) is 0 Å². The van der Waals surface area contributed by atoms with Gasteiger partial charge in [-0.1, -0.05) is 91.9 Å². The zero-order valence-electron chi connectivity index (χ0n) is 19.3. The highest BCUT2D eigenvalue weighted by molar-refractivity contribution is 4.92. The lowest BCUT2D eigenvalue weighted by molar-refractivity contribution is -0.705. The van der Waals surface area contributed by atoms with Crippen molar-refractivity contribution in [1.82, 2.24) is 4.57 Å². The molecule has 1 heterocycles. The number of hydrogen-bond donors (Lipinski definition) is 0. The van der Waals surface area contributed by atoms with Gasteiger partial charge in [0.15, 0.2) is 0 Å². The predicted molar refractivity (Wildman–Crippen MR) is 119 cm³/mol. The molecule has 1 rings (SSSR count). The third-order valence-corrected chi connectivity index (χ3v) is 5.94. The fourth-order valence-corrected chi connectivity index (χ4v) is 4.23. The molecule has 0 aliphatic heterocycles. The van der Waals surface area contributed by atoms with E-state index in [0.29, 0.717) is 12.0 Å². The van der Waals surface area contributed by atoms with Crippen molar-refractivity contribution in [1.29, 1.82) is 0 Å². The van der Waals surface area contributed by atoms with Gasteiger partial charge in [0.1, 0.15) is 12.4 Å². The van der Waals surface area contributed by atoms with E-state index in [9.17, 15) is 0 Å². The molecule has 1 aromatic rings. The van der Waals surface area contributed by atoms with Gasteiger partial charge in [0.05, 0.1) is 18.5 Å². The summed E-state index contributed by atoms with van der Waals surface area (Å²) in [6.07, 6.45) is 24.2. The second-order valence-electron chi connectivity index (χ2n) is 8.94. The van der Waals surface area contributed by atoms with Crippen molar-refractivity contribution in [3.05, 3.63) is 18.2 Å². The van der Waals surface area contributed by atoms with Crippen LogP contribution in [0.15, 0.2) is 12.4 Å². The van der Waals surface area contributed by atoms with Crippen LogP contribution >= 0.6 is 0 Å². The molecule has 2 nitrogen and oxygen atoms in total. The number of nitrogens with zero attached hydrogens (tertiary/aromatic N) is 2. The largest absolute Gasteiger partial charge is 0.259 e. The fourth-order valence-electron chi connectivity index (χ4n) is 4.23. The summed E-state index contributed by atoms with van der Waals surface area (Å²) in [5.41, 5.74) is 0. The van der Waals surface area contributed by atoms with Crippen LogP contribution in [-0.2, 0) is 6.54 Å². The van der Waals surface area contributed by atoms with Crippen LogP contribution in [-0.4, -0.2) is 4.57 Å². The Morgan fingerprint density at radius 3 is 1.78 bits per heavy atom. The van der Waals surface area contributed by atoms with E-state index in [1.54, 1.807) is 0 Å². The molecule has 0 saturated carbocycles. The average Bonchev–Trinajstić information content (AvgIpc) is 3.08. The van der Waals surface area contributed by atoms with Crippen molar-refractivity contribution < 1.29 is 4.57 Å². The topological polar surface area (TPSA) is 8.81 Å². The molecule has 27 heavy (non-hydrogen) atoms. The first-order valence-corrected chi connectivity index (χ1v) is 12.2. The highest BCUT2D eigenvalue weighted by Gasteiger charge is 2.23. The van der Waals surface area contributed by atoms with Crippen LogP contribution in [0.4, 0.5) is 0 Å². The lowest BCUT2D eigenvalue weighted by atomic mass is 10.1. The van der Waals surface area contributed by atoms with E-state index in [1.165, 1.54) is 102 Å². The van der Waals surface area contributed by atoms with E-state index < -0.39 is 0 Å². The average molecular weight is 378 g/mol. The first kappa shape index (κ1) is 24.2. The highest BCUT2D eigenvalue weighted by Crippen LogP contribution is 2.20. The molecule has 158 valence electrons. The summed E-state index contributed by atoms with van der Waals surface area (Å²) in [7, 11) is 0. The number of unbranched alkanes of at least 4 members (excludes halogenated alkanes) is 11. The van der Waals surface area contributed by atoms with Crippen LogP contribution in [0.5, 0.6) is 0 Å². The van der Waals surface area contributed by atoms with E-state index >= 15 is 0 Å². The molecule has 1 unspecified atom stereocenters. The Morgan fingerprint density at radius 1 is 0.741 bits per heavy atom. The molecule has 0 spiro atoms. The minimum absolute atomic E-state index is 0.594. The molecule has 0 fully saturated rings. The van der Waals surface area contributed by atoms with E-state index in [-0.39, 0.29) is 0 Å². The van der Waals surface area contributed by atoms with Gasteiger partial charge in [-0.05, 0) is 32.6 Å². The van der Waals surface area contributed by atoms with Gasteiger partial charge in [-0.2, -0.15) is 0 Å². The first-order chi connectivity index (χ1) is 13.1. The molecule has 1 aromatic heterocycles. The monoisotopic (exact) mass is 377 g/mol. The summed E-state index contributed by atoms with van der Waals surface area (Å²) in [5, 5.41) is 0. The van der Waals surface area contributed by atoms with Gasteiger partial charge < -0.3 is 0 Å². The normalized spacial score (nSPS) is 12.8. The van der Waals surface area contributed by atoms with Crippen molar-refractivity contribution in [3.8, 4) is 0 Å². The second-order valence-corrected chi connectivity index (χ2v) is 8.94. The number of aromatic nitrogens is 2. The third kappa shape index (κ3) is 9.81. The Kier molecular flexibility index (Phi) is 13.6. The predicted octanol–water partition coefficient (Wildman–Crippen LogP) is 7.96. The van der Waals surface area contributed by atoms with Gasteiger partial charge in [-0.3, -0.25) is 0 Å². The zero-order valence-corrected chi connectivity index (χ0v) is 19.3. The van der Waals surface area contributed by atoms with Crippen molar-refractivity contribution >= 4 is 0 Å². The maximum atomic E-state index is 2.54. The van der Waals surface area contributed by atoms with E-state index in [4.69, 9.17) is 0 Å². The molecular weight excluding hydrogens is 328 g/mol. The molecular formula is C25H49N2+. The van der Waals surface area contributed by atoms with E-state index in [0.717, 1.165) is 0 Å². The highest BCUT2D eigenvalue weighted by atomic mass is 15.2. The van der Waals surface area contributed by atoms with Crippen LogP contribution < -0.4 is 4.57 Å². The van der Waals surface area contributed by atoms with Gasteiger partial charge in [-0.15, -0.1) is 0 Å². The number of rotatable bonds is 17. The van der Waals surface area contributed by atoms with Crippen LogP contribution in [0.1, 0.15) is 142 Å². The Bertz CT molecular complexity index is 461.